The van der Waals surface area contributed by atoms with Gasteiger partial charge in [-0.1, -0.05) is 6.07 Å². The summed E-state index contributed by atoms with van der Waals surface area (Å²) >= 11 is 0. The number of nitrogens with one attached hydrogen (secondary N) is 1. The van der Waals surface area contributed by atoms with E-state index >= 15 is 0 Å². The van der Waals surface area contributed by atoms with E-state index in [1.165, 1.54) is 10.7 Å². The smallest absolute Gasteiger partial charge is 0.274 e. The third kappa shape index (κ3) is 2.88. The normalized spacial score (nSPS) is 14.0. The molecule has 2 heterocycles. The Morgan fingerprint density at radius 1 is 1.32 bits per heavy atom. The van der Waals surface area contributed by atoms with Gasteiger partial charge in [0.15, 0.2) is 5.69 Å². The number of amides is 2. The molecule has 3 N–H and O–H groups in total. The number of carbonyl (C=O) groups excluding carboxylic acids is 2. The first-order valence-corrected chi connectivity index (χ1v) is 8.24. The van der Waals surface area contributed by atoms with Gasteiger partial charge < -0.3 is 15.6 Å². The van der Waals surface area contributed by atoms with Crippen molar-refractivity contribution in [1.29, 1.82) is 0 Å². The molecule has 0 bridgehead atoms. The Labute approximate surface area is 144 Å². The van der Waals surface area contributed by atoms with E-state index in [9.17, 15) is 9.59 Å². The molecule has 25 heavy (non-hydrogen) atoms. The van der Waals surface area contributed by atoms with Crippen molar-refractivity contribution in [2.75, 3.05) is 7.05 Å². The molecular formula is C18H19N5O2. The van der Waals surface area contributed by atoms with Crippen LogP contribution in [0.15, 0.2) is 36.5 Å². The maximum atomic E-state index is 12.5. The number of nitrogens with two attached hydrogens (primary N) is 1. The van der Waals surface area contributed by atoms with Crippen molar-refractivity contribution in [1.82, 2.24) is 19.7 Å². The van der Waals surface area contributed by atoms with E-state index < -0.39 is 5.91 Å². The first kappa shape index (κ1) is 15.4. The molecule has 1 aliphatic carbocycles. The molecular weight excluding hydrogens is 318 g/mol. The zero-order chi connectivity index (χ0) is 17.6. The van der Waals surface area contributed by atoms with E-state index in [1.54, 1.807) is 11.9 Å². The summed E-state index contributed by atoms with van der Waals surface area (Å²) in [5.74, 6) is -0.770. The molecule has 7 heteroatoms. The quantitative estimate of drug-likeness (QED) is 0.742. The van der Waals surface area contributed by atoms with Gasteiger partial charge in [0, 0.05) is 30.9 Å². The highest BCUT2D eigenvalue weighted by Gasteiger charge is 2.31. The van der Waals surface area contributed by atoms with Crippen molar-refractivity contribution in [2.45, 2.75) is 25.4 Å². The van der Waals surface area contributed by atoms with Gasteiger partial charge >= 0.3 is 0 Å². The zero-order valence-corrected chi connectivity index (χ0v) is 13.9. The summed E-state index contributed by atoms with van der Waals surface area (Å²) in [5, 5.41) is 5.42. The average Bonchev–Trinajstić information content (AvgIpc) is 3.19. The fourth-order valence-corrected chi connectivity index (χ4v) is 3.02. The molecule has 2 aromatic heterocycles. The third-order valence-corrected chi connectivity index (χ3v) is 4.62. The SMILES string of the molecule is CN(C(=O)c1cc(C(N)=O)n(Cc2ccc3[nH]ccc3c2)n1)C1CC1. The standard InChI is InChI=1S/C18H19N5O2/c1-22(13-3-4-13)18(25)15-9-16(17(19)24)23(21-15)10-11-2-5-14-12(8-11)6-7-20-14/h2,5-9,13,20H,3-4,10H2,1H3,(H2,19,24). The summed E-state index contributed by atoms with van der Waals surface area (Å²) < 4.78 is 1.50. The Kier molecular flexibility index (Phi) is 3.56. The second kappa shape index (κ2) is 5.77. The minimum absolute atomic E-state index is 0.176. The summed E-state index contributed by atoms with van der Waals surface area (Å²) in [6.45, 7) is 0.375. The first-order valence-electron chi connectivity index (χ1n) is 8.24. The number of hydrogen-bond acceptors (Lipinski definition) is 3. The molecule has 128 valence electrons. The second-order valence-corrected chi connectivity index (χ2v) is 6.48. The van der Waals surface area contributed by atoms with Crippen molar-refractivity contribution < 1.29 is 9.59 Å². The Bertz CT molecular complexity index is 967. The lowest BCUT2D eigenvalue weighted by molar-refractivity contribution is 0.0778. The van der Waals surface area contributed by atoms with E-state index in [0.717, 1.165) is 29.3 Å². The predicted molar refractivity (Wildman–Crippen MR) is 93.3 cm³/mol. The Morgan fingerprint density at radius 2 is 2.12 bits per heavy atom. The monoisotopic (exact) mass is 337 g/mol. The Hall–Kier alpha value is -3.09. The fourth-order valence-electron chi connectivity index (χ4n) is 3.02. The summed E-state index contributed by atoms with van der Waals surface area (Å²) in [4.78, 5) is 29.1. The van der Waals surface area contributed by atoms with Crippen LogP contribution in [0, 0.1) is 0 Å². The topological polar surface area (TPSA) is 97.0 Å². The maximum absolute atomic E-state index is 12.5. The average molecular weight is 337 g/mol. The van der Waals surface area contributed by atoms with Crippen molar-refractivity contribution in [2.24, 2.45) is 5.73 Å². The lowest BCUT2D eigenvalue weighted by atomic mass is 10.1. The maximum Gasteiger partial charge on any atom is 0.274 e. The summed E-state index contributed by atoms with van der Waals surface area (Å²) in [6.07, 6.45) is 3.91. The molecule has 1 saturated carbocycles. The largest absolute Gasteiger partial charge is 0.364 e. The summed E-state index contributed by atoms with van der Waals surface area (Å²) in [7, 11) is 1.77. The van der Waals surface area contributed by atoms with Gasteiger partial charge in [-0.25, -0.2) is 0 Å². The molecule has 0 radical (unpaired) electrons. The van der Waals surface area contributed by atoms with E-state index in [0.29, 0.717) is 6.54 Å². The van der Waals surface area contributed by atoms with Crippen LogP contribution in [0.3, 0.4) is 0 Å². The number of benzene rings is 1. The Morgan fingerprint density at radius 3 is 2.84 bits per heavy atom. The number of rotatable bonds is 5. The van der Waals surface area contributed by atoms with Gasteiger partial charge in [0.1, 0.15) is 5.69 Å². The van der Waals surface area contributed by atoms with E-state index in [-0.39, 0.29) is 23.3 Å². The number of primary amides is 1. The van der Waals surface area contributed by atoms with Crippen molar-refractivity contribution in [3.05, 3.63) is 53.5 Å². The molecule has 7 nitrogen and oxygen atoms in total. The summed E-state index contributed by atoms with van der Waals surface area (Å²) in [6, 6.07) is 9.71. The molecule has 0 saturated heterocycles. The molecule has 1 aliphatic rings. The van der Waals surface area contributed by atoms with Crippen LogP contribution in [-0.2, 0) is 6.54 Å². The van der Waals surface area contributed by atoms with Crippen LogP contribution in [0.5, 0.6) is 0 Å². The van der Waals surface area contributed by atoms with Crippen LogP contribution >= 0.6 is 0 Å². The molecule has 0 aliphatic heterocycles. The van der Waals surface area contributed by atoms with Gasteiger partial charge in [0.2, 0.25) is 0 Å². The first-order chi connectivity index (χ1) is 12.0. The molecule has 0 spiro atoms. The van der Waals surface area contributed by atoms with E-state index in [4.69, 9.17) is 5.73 Å². The van der Waals surface area contributed by atoms with Gasteiger partial charge in [-0.15, -0.1) is 0 Å². The summed E-state index contributed by atoms with van der Waals surface area (Å²) in [5.41, 5.74) is 7.99. The molecule has 3 aromatic rings. The van der Waals surface area contributed by atoms with E-state index in [2.05, 4.69) is 10.1 Å². The van der Waals surface area contributed by atoms with Crippen molar-refractivity contribution in [3.63, 3.8) is 0 Å². The number of fused-ring (bicyclic) bond motifs is 1. The van der Waals surface area contributed by atoms with Gasteiger partial charge in [-0.05, 0) is 42.0 Å². The number of H-pyrrole nitrogens is 1. The van der Waals surface area contributed by atoms with Crippen LogP contribution in [-0.4, -0.2) is 44.6 Å². The number of hydrogen-bond donors (Lipinski definition) is 2. The highest BCUT2D eigenvalue weighted by molar-refractivity contribution is 5.97. The van der Waals surface area contributed by atoms with Crippen LogP contribution < -0.4 is 5.73 Å². The van der Waals surface area contributed by atoms with Gasteiger partial charge in [-0.2, -0.15) is 5.10 Å². The van der Waals surface area contributed by atoms with Gasteiger partial charge in [0.25, 0.3) is 11.8 Å². The second-order valence-electron chi connectivity index (χ2n) is 6.48. The third-order valence-electron chi connectivity index (χ3n) is 4.62. The number of carbonyl (C=O) groups is 2. The highest BCUT2D eigenvalue weighted by Crippen LogP contribution is 2.26. The molecule has 2 amide bonds. The Balaban J connectivity index is 1.65. The van der Waals surface area contributed by atoms with Crippen LogP contribution in [0.2, 0.25) is 0 Å². The number of aromatic nitrogens is 3. The zero-order valence-electron chi connectivity index (χ0n) is 13.9. The lowest BCUT2D eigenvalue weighted by Gasteiger charge is -2.14. The molecule has 1 aromatic carbocycles. The minimum Gasteiger partial charge on any atom is -0.364 e. The highest BCUT2D eigenvalue weighted by atomic mass is 16.2. The van der Waals surface area contributed by atoms with Gasteiger partial charge in [0.05, 0.1) is 6.54 Å². The van der Waals surface area contributed by atoms with Crippen LogP contribution in [0.4, 0.5) is 0 Å². The van der Waals surface area contributed by atoms with Crippen molar-refractivity contribution in [3.8, 4) is 0 Å². The van der Waals surface area contributed by atoms with Gasteiger partial charge in [-0.3, -0.25) is 14.3 Å². The predicted octanol–water partition coefficient (Wildman–Crippen LogP) is 1.75. The minimum atomic E-state index is -0.594. The number of nitrogens with zero attached hydrogens (tertiary/aromatic N) is 3. The van der Waals surface area contributed by atoms with E-state index in [1.807, 2.05) is 30.5 Å². The fraction of sp³-hybridized carbons (Fsp3) is 0.278. The molecule has 0 atom stereocenters. The molecule has 4 rings (SSSR count). The lowest BCUT2D eigenvalue weighted by Crippen LogP contribution is -2.29. The number of aromatic amines is 1. The molecule has 1 fully saturated rings. The van der Waals surface area contributed by atoms with Crippen LogP contribution in [0.1, 0.15) is 39.4 Å². The van der Waals surface area contributed by atoms with Crippen molar-refractivity contribution >= 4 is 22.7 Å². The van der Waals surface area contributed by atoms with Crippen LogP contribution in [0.25, 0.3) is 10.9 Å². The molecule has 0 unspecified atom stereocenters.